The number of carbonyl (C=O) groups is 1. The second-order valence-corrected chi connectivity index (χ2v) is 9.01. The molecular weight excluding hydrogens is 432 g/mol. The molecule has 0 aliphatic carbocycles. The zero-order valence-corrected chi connectivity index (χ0v) is 19.0. The van der Waals surface area contributed by atoms with E-state index in [2.05, 4.69) is 14.7 Å². The van der Waals surface area contributed by atoms with Gasteiger partial charge in [-0.1, -0.05) is 17.8 Å². The highest BCUT2D eigenvalue weighted by Crippen LogP contribution is 2.29. The Balaban J connectivity index is 1.56. The fourth-order valence-corrected chi connectivity index (χ4v) is 4.67. The summed E-state index contributed by atoms with van der Waals surface area (Å²) in [4.78, 5) is 21.1. The number of thioether (sulfide) groups is 1. The number of aromatic nitrogens is 3. The predicted octanol–water partition coefficient (Wildman–Crippen LogP) is 6.24. The van der Waals surface area contributed by atoms with E-state index in [1.807, 2.05) is 56.5 Å². The molecule has 5 nitrogen and oxygen atoms in total. The number of imidazole rings is 1. The van der Waals surface area contributed by atoms with Crippen LogP contribution < -0.4 is 4.74 Å². The molecule has 0 spiro atoms. The second-order valence-electron chi connectivity index (χ2n) is 7.68. The zero-order chi connectivity index (χ0) is 23.0. The first kappa shape index (κ1) is 22.1. The largest absolute Gasteiger partial charge is 0.435 e. The number of carbonyl (C=O) groups excluding carboxylic acids is 1. The lowest BCUT2D eigenvalue weighted by atomic mass is 10.1. The molecule has 2 heterocycles. The summed E-state index contributed by atoms with van der Waals surface area (Å²) in [6.45, 7) is 4.82. The number of alkyl halides is 2. The molecule has 0 aliphatic heterocycles. The Morgan fingerprint density at radius 2 is 1.81 bits per heavy atom. The Labute approximate surface area is 188 Å². The second kappa shape index (κ2) is 8.78. The Kier molecular flexibility index (Phi) is 6.06. The molecule has 0 amide bonds. The maximum absolute atomic E-state index is 13.2. The average molecular weight is 456 g/mol. The minimum Gasteiger partial charge on any atom is -0.435 e. The van der Waals surface area contributed by atoms with Crippen LogP contribution in [0.5, 0.6) is 5.75 Å². The number of rotatable bonds is 7. The van der Waals surface area contributed by atoms with E-state index in [-0.39, 0.29) is 16.8 Å². The molecule has 0 saturated heterocycles. The molecule has 32 heavy (non-hydrogen) atoms. The van der Waals surface area contributed by atoms with Gasteiger partial charge in [0.25, 0.3) is 0 Å². The zero-order valence-electron chi connectivity index (χ0n) is 18.1. The van der Waals surface area contributed by atoms with E-state index >= 15 is 0 Å². The molecule has 2 aromatic heterocycles. The van der Waals surface area contributed by atoms with Gasteiger partial charge in [-0.15, -0.1) is 0 Å². The first-order valence-electron chi connectivity index (χ1n) is 10.1. The van der Waals surface area contributed by atoms with E-state index in [0.29, 0.717) is 10.7 Å². The van der Waals surface area contributed by atoms with Crippen LogP contribution in [0.4, 0.5) is 8.78 Å². The van der Waals surface area contributed by atoms with Gasteiger partial charge in [0.15, 0.2) is 10.9 Å². The van der Waals surface area contributed by atoms with Crippen LogP contribution in [0.15, 0.2) is 53.7 Å². The Hall–Kier alpha value is -3.13. The minimum atomic E-state index is -2.87. The maximum atomic E-state index is 13.2. The van der Waals surface area contributed by atoms with Gasteiger partial charge in [0.1, 0.15) is 5.75 Å². The quantitative estimate of drug-likeness (QED) is 0.265. The number of ether oxygens (including phenoxy) is 1. The fraction of sp³-hybridized carbons (Fsp3) is 0.250. The van der Waals surface area contributed by atoms with Gasteiger partial charge in [0.05, 0.1) is 16.3 Å². The Bertz CT molecular complexity index is 1280. The number of halogens is 2. The number of hydrogen-bond acceptors (Lipinski definition) is 4. The molecule has 4 rings (SSSR count). The number of ketones is 1. The number of aromatic amines is 1. The molecule has 1 atom stereocenters. The number of hydrogen-bond donors (Lipinski definition) is 1. The van der Waals surface area contributed by atoms with Crippen molar-refractivity contribution in [1.29, 1.82) is 0 Å². The predicted molar refractivity (Wildman–Crippen MR) is 122 cm³/mol. The lowest BCUT2D eigenvalue weighted by Crippen LogP contribution is -2.14. The SMILES string of the molecule is Cc1ccc2nc(S[C@@H](C)C(=O)c3cc(C)n(-c4ccc(OC(F)F)cc4)c3C)[nH]c2c1. The summed E-state index contributed by atoms with van der Waals surface area (Å²) in [5, 5.41) is 0.363. The van der Waals surface area contributed by atoms with Crippen LogP contribution in [0, 0.1) is 20.8 Å². The first-order chi connectivity index (χ1) is 15.2. The molecule has 0 unspecified atom stereocenters. The highest BCUT2D eigenvalue weighted by Gasteiger charge is 2.23. The van der Waals surface area contributed by atoms with Crippen LogP contribution in [-0.2, 0) is 0 Å². The lowest BCUT2D eigenvalue weighted by Gasteiger charge is -2.12. The fourth-order valence-electron chi connectivity index (χ4n) is 3.78. The number of H-pyrrole nitrogens is 1. The summed E-state index contributed by atoms with van der Waals surface area (Å²) >= 11 is 1.39. The van der Waals surface area contributed by atoms with Gasteiger partial charge in [0.2, 0.25) is 0 Å². The van der Waals surface area contributed by atoms with Crippen molar-refractivity contribution >= 4 is 28.6 Å². The van der Waals surface area contributed by atoms with Gasteiger partial charge in [-0.05, 0) is 75.7 Å². The number of aryl methyl sites for hydroxylation is 2. The number of Topliss-reactive ketones (excluding diaryl/α,β-unsaturated/α-hetero) is 1. The van der Waals surface area contributed by atoms with E-state index in [4.69, 9.17) is 0 Å². The van der Waals surface area contributed by atoms with E-state index in [1.54, 1.807) is 12.1 Å². The van der Waals surface area contributed by atoms with Crippen molar-refractivity contribution in [3.05, 3.63) is 71.0 Å². The average Bonchev–Trinajstić information content (AvgIpc) is 3.26. The molecule has 0 aliphatic rings. The van der Waals surface area contributed by atoms with E-state index < -0.39 is 6.61 Å². The third-order valence-corrected chi connectivity index (χ3v) is 6.27. The molecule has 4 aromatic rings. The number of benzene rings is 2. The number of nitrogens with one attached hydrogen (secondary N) is 1. The van der Waals surface area contributed by atoms with Gasteiger partial charge in [-0.25, -0.2) is 4.98 Å². The van der Waals surface area contributed by atoms with Crippen molar-refractivity contribution in [2.45, 2.75) is 44.7 Å². The van der Waals surface area contributed by atoms with Crippen molar-refractivity contribution in [3.8, 4) is 11.4 Å². The third-order valence-electron chi connectivity index (χ3n) is 5.29. The summed E-state index contributed by atoms with van der Waals surface area (Å²) in [5.41, 5.74) is 6.03. The van der Waals surface area contributed by atoms with Crippen molar-refractivity contribution in [2.75, 3.05) is 0 Å². The molecule has 8 heteroatoms. The van der Waals surface area contributed by atoms with Crippen LogP contribution in [0.3, 0.4) is 0 Å². The van der Waals surface area contributed by atoms with E-state index in [1.165, 1.54) is 23.9 Å². The Morgan fingerprint density at radius 1 is 1.09 bits per heavy atom. The summed E-state index contributed by atoms with van der Waals surface area (Å²) in [6, 6.07) is 14.2. The summed E-state index contributed by atoms with van der Waals surface area (Å²) in [5.74, 6) is 0.0946. The first-order valence-corrected chi connectivity index (χ1v) is 11.0. The molecule has 0 bridgehead atoms. The van der Waals surface area contributed by atoms with Crippen LogP contribution in [0.25, 0.3) is 16.7 Å². The standard InChI is InChI=1S/C24H23F2N3O2S/c1-13-5-10-20-21(11-13)28-24(27-20)32-16(4)22(30)19-12-14(2)29(15(19)3)17-6-8-18(9-7-17)31-23(25)26/h5-12,16,23H,1-4H3,(H,27,28)/t16-/m0/s1. The van der Waals surface area contributed by atoms with E-state index in [0.717, 1.165) is 33.7 Å². The van der Waals surface area contributed by atoms with Crippen molar-refractivity contribution in [1.82, 2.24) is 14.5 Å². The third kappa shape index (κ3) is 4.41. The van der Waals surface area contributed by atoms with Crippen LogP contribution >= 0.6 is 11.8 Å². The van der Waals surface area contributed by atoms with Gasteiger partial charge in [-0.3, -0.25) is 4.79 Å². The molecule has 0 saturated carbocycles. The van der Waals surface area contributed by atoms with Gasteiger partial charge in [-0.2, -0.15) is 8.78 Å². The van der Waals surface area contributed by atoms with Crippen molar-refractivity contribution in [3.63, 3.8) is 0 Å². The topological polar surface area (TPSA) is 59.9 Å². The van der Waals surface area contributed by atoms with Gasteiger partial charge in [0, 0.05) is 22.6 Å². The molecule has 1 N–H and O–H groups in total. The van der Waals surface area contributed by atoms with Crippen molar-refractivity contribution < 1.29 is 18.3 Å². The van der Waals surface area contributed by atoms with Crippen molar-refractivity contribution in [2.24, 2.45) is 0 Å². The molecule has 0 radical (unpaired) electrons. The normalized spacial score (nSPS) is 12.5. The van der Waals surface area contributed by atoms with Gasteiger partial charge < -0.3 is 14.3 Å². The summed E-state index contributed by atoms with van der Waals surface area (Å²) in [7, 11) is 0. The molecule has 166 valence electrons. The summed E-state index contributed by atoms with van der Waals surface area (Å²) in [6.07, 6.45) is 0. The number of nitrogens with zero attached hydrogens (tertiary/aromatic N) is 2. The molecule has 2 aromatic carbocycles. The highest BCUT2D eigenvalue weighted by atomic mass is 32.2. The number of fused-ring (bicyclic) bond motifs is 1. The smallest absolute Gasteiger partial charge is 0.387 e. The lowest BCUT2D eigenvalue weighted by molar-refractivity contribution is -0.0498. The maximum Gasteiger partial charge on any atom is 0.387 e. The van der Waals surface area contributed by atoms with Crippen LogP contribution in [0.2, 0.25) is 0 Å². The highest BCUT2D eigenvalue weighted by molar-refractivity contribution is 8.00. The minimum absolute atomic E-state index is 0.00337. The molecule has 0 fully saturated rings. The summed E-state index contributed by atoms with van der Waals surface area (Å²) < 4.78 is 31.1. The molecular formula is C24H23F2N3O2S. The van der Waals surface area contributed by atoms with Crippen LogP contribution in [0.1, 0.15) is 34.2 Å². The van der Waals surface area contributed by atoms with Gasteiger partial charge >= 0.3 is 6.61 Å². The van der Waals surface area contributed by atoms with Crippen LogP contribution in [-0.4, -0.2) is 32.2 Å². The Morgan fingerprint density at radius 3 is 2.50 bits per heavy atom. The van der Waals surface area contributed by atoms with E-state index in [9.17, 15) is 13.6 Å². The monoisotopic (exact) mass is 455 g/mol.